The van der Waals surface area contributed by atoms with Gasteiger partial charge in [0.25, 0.3) is 0 Å². The van der Waals surface area contributed by atoms with E-state index in [4.69, 9.17) is 4.74 Å². The van der Waals surface area contributed by atoms with Crippen molar-refractivity contribution in [1.29, 1.82) is 0 Å². The van der Waals surface area contributed by atoms with Gasteiger partial charge in [0.05, 0.1) is 6.61 Å². The zero-order chi connectivity index (χ0) is 9.68. The van der Waals surface area contributed by atoms with Crippen molar-refractivity contribution in [2.24, 2.45) is 5.92 Å². The summed E-state index contributed by atoms with van der Waals surface area (Å²) in [5, 5.41) is 3.29. The molecule has 0 aromatic rings. The SMILES string of the molecule is COC[C@H]1CNCCN(C(C)=O)C1. The van der Waals surface area contributed by atoms with Crippen LogP contribution in [0.4, 0.5) is 0 Å². The molecule has 0 spiro atoms. The predicted molar refractivity (Wildman–Crippen MR) is 50.5 cm³/mol. The van der Waals surface area contributed by atoms with E-state index in [-0.39, 0.29) is 5.91 Å². The van der Waals surface area contributed by atoms with Gasteiger partial charge in [-0.15, -0.1) is 0 Å². The maximum atomic E-state index is 11.2. The monoisotopic (exact) mass is 186 g/mol. The zero-order valence-electron chi connectivity index (χ0n) is 8.38. The molecule has 0 saturated carbocycles. The van der Waals surface area contributed by atoms with Crippen molar-refractivity contribution < 1.29 is 9.53 Å². The van der Waals surface area contributed by atoms with Gasteiger partial charge in [-0.3, -0.25) is 4.79 Å². The van der Waals surface area contributed by atoms with Gasteiger partial charge >= 0.3 is 0 Å². The van der Waals surface area contributed by atoms with Crippen LogP contribution in [0.15, 0.2) is 0 Å². The number of methoxy groups -OCH3 is 1. The molecule has 1 aliphatic rings. The number of nitrogens with one attached hydrogen (secondary N) is 1. The van der Waals surface area contributed by atoms with E-state index in [9.17, 15) is 4.79 Å². The Bertz CT molecular complexity index is 173. The standard InChI is InChI=1S/C9H18N2O2/c1-8(12)11-4-3-10-5-9(6-11)7-13-2/h9-10H,3-7H2,1-2H3/t9-/m0/s1. The molecule has 0 aromatic heterocycles. The van der Waals surface area contributed by atoms with Crippen molar-refractivity contribution in [2.45, 2.75) is 6.92 Å². The predicted octanol–water partition coefficient (Wildman–Crippen LogP) is -0.299. The highest BCUT2D eigenvalue weighted by Gasteiger charge is 2.18. The topological polar surface area (TPSA) is 41.6 Å². The first-order chi connectivity index (χ1) is 6.24. The Kier molecular flexibility index (Phi) is 4.18. The average Bonchev–Trinajstić information content (AvgIpc) is 2.30. The second kappa shape index (κ2) is 5.19. The molecule has 0 aliphatic carbocycles. The molecule has 1 rings (SSSR count). The van der Waals surface area contributed by atoms with E-state index in [0.29, 0.717) is 5.92 Å². The molecule has 0 bridgehead atoms. The fourth-order valence-electron chi connectivity index (χ4n) is 1.62. The Morgan fingerprint density at radius 2 is 2.46 bits per heavy atom. The molecule has 1 aliphatic heterocycles. The molecule has 13 heavy (non-hydrogen) atoms. The minimum Gasteiger partial charge on any atom is -0.384 e. The van der Waals surface area contributed by atoms with Gasteiger partial charge in [0.1, 0.15) is 0 Å². The fourth-order valence-corrected chi connectivity index (χ4v) is 1.62. The Morgan fingerprint density at radius 1 is 1.69 bits per heavy atom. The van der Waals surface area contributed by atoms with Crippen molar-refractivity contribution in [1.82, 2.24) is 10.2 Å². The lowest BCUT2D eigenvalue weighted by molar-refractivity contribution is -0.129. The highest BCUT2D eigenvalue weighted by molar-refractivity contribution is 5.73. The molecular weight excluding hydrogens is 168 g/mol. The van der Waals surface area contributed by atoms with E-state index in [1.54, 1.807) is 14.0 Å². The van der Waals surface area contributed by atoms with Crippen LogP contribution in [0.3, 0.4) is 0 Å². The van der Waals surface area contributed by atoms with Crippen molar-refractivity contribution in [2.75, 3.05) is 39.9 Å². The number of ether oxygens (including phenoxy) is 1. The lowest BCUT2D eigenvalue weighted by Gasteiger charge is -2.21. The van der Waals surface area contributed by atoms with Crippen molar-refractivity contribution in [3.63, 3.8) is 0 Å². The summed E-state index contributed by atoms with van der Waals surface area (Å²) in [6, 6.07) is 0. The normalized spacial score (nSPS) is 24.2. The highest BCUT2D eigenvalue weighted by atomic mass is 16.5. The fraction of sp³-hybridized carbons (Fsp3) is 0.889. The number of rotatable bonds is 2. The van der Waals surface area contributed by atoms with Crippen molar-refractivity contribution in [3.8, 4) is 0 Å². The minimum atomic E-state index is 0.157. The summed E-state index contributed by atoms with van der Waals surface area (Å²) in [5.41, 5.74) is 0. The highest BCUT2D eigenvalue weighted by Crippen LogP contribution is 2.04. The number of nitrogens with zero attached hydrogens (tertiary/aromatic N) is 1. The Labute approximate surface area is 79.2 Å². The molecule has 1 heterocycles. The largest absolute Gasteiger partial charge is 0.384 e. The summed E-state index contributed by atoms with van der Waals surface area (Å²) in [6.07, 6.45) is 0. The quantitative estimate of drug-likeness (QED) is 0.644. The van der Waals surface area contributed by atoms with Crippen LogP contribution in [0.1, 0.15) is 6.92 Å². The smallest absolute Gasteiger partial charge is 0.219 e. The van der Waals surface area contributed by atoms with Gasteiger partial charge in [0, 0.05) is 46.1 Å². The molecule has 1 N–H and O–H groups in total. The van der Waals surface area contributed by atoms with Crippen LogP contribution < -0.4 is 5.32 Å². The average molecular weight is 186 g/mol. The Balaban J connectivity index is 2.44. The molecular formula is C9H18N2O2. The first kappa shape index (κ1) is 10.5. The van der Waals surface area contributed by atoms with E-state index >= 15 is 0 Å². The van der Waals surface area contributed by atoms with Crippen LogP contribution in [0, 0.1) is 5.92 Å². The molecule has 0 aromatic carbocycles. The summed E-state index contributed by atoms with van der Waals surface area (Å²) in [4.78, 5) is 13.0. The minimum absolute atomic E-state index is 0.157. The van der Waals surface area contributed by atoms with Crippen LogP contribution in [0.2, 0.25) is 0 Å². The second-order valence-electron chi connectivity index (χ2n) is 3.49. The van der Waals surface area contributed by atoms with Crippen LogP contribution in [-0.2, 0) is 9.53 Å². The van der Waals surface area contributed by atoms with Crippen LogP contribution in [0.25, 0.3) is 0 Å². The van der Waals surface area contributed by atoms with E-state index in [0.717, 1.165) is 32.8 Å². The number of carbonyl (C=O) groups is 1. The molecule has 1 atom stereocenters. The molecule has 1 fully saturated rings. The molecule has 4 heteroatoms. The van der Waals surface area contributed by atoms with Crippen molar-refractivity contribution in [3.05, 3.63) is 0 Å². The summed E-state index contributed by atoms with van der Waals surface area (Å²) >= 11 is 0. The number of hydrogen-bond acceptors (Lipinski definition) is 3. The van der Waals surface area contributed by atoms with Gasteiger partial charge in [-0.2, -0.15) is 0 Å². The van der Waals surface area contributed by atoms with E-state index in [2.05, 4.69) is 5.32 Å². The summed E-state index contributed by atoms with van der Waals surface area (Å²) < 4.78 is 5.09. The first-order valence-corrected chi connectivity index (χ1v) is 4.69. The molecule has 0 unspecified atom stereocenters. The van der Waals surface area contributed by atoms with Crippen LogP contribution in [0.5, 0.6) is 0 Å². The van der Waals surface area contributed by atoms with Crippen LogP contribution >= 0.6 is 0 Å². The second-order valence-corrected chi connectivity index (χ2v) is 3.49. The lowest BCUT2D eigenvalue weighted by Crippen LogP contribution is -2.35. The Hall–Kier alpha value is -0.610. The van der Waals surface area contributed by atoms with Gasteiger partial charge in [-0.25, -0.2) is 0 Å². The first-order valence-electron chi connectivity index (χ1n) is 4.69. The van der Waals surface area contributed by atoms with E-state index < -0.39 is 0 Å². The third kappa shape index (κ3) is 3.32. The number of hydrogen-bond donors (Lipinski definition) is 1. The molecule has 1 amide bonds. The lowest BCUT2D eigenvalue weighted by atomic mass is 10.1. The van der Waals surface area contributed by atoms with E-state index in [1.807, 2.05) is 4.90 Å². The van der Waals surface area contributed by atoms with Crippen molar-refractivity contribution >= 4 is 5.91 Å². The summed E-state index contributed by atoms with van der Waals surface area (Å²) in [5.74, 6) is 0.584. The number of carbonyl (C=O) groups excluding carboxylic acids is 1. The molecule has 1 saturated heterocycles. The third-order valence-corrected chi connectivity index (χ3v) is 2.32. The Morgan fingerprint density at radius 3 is 3.08 bits per heavy atom. The molecule has 76 valence electrons. The number of amides is 1. The maximum absolute atomic E-state index is 11.2. The molecule has 0 radical (unpaired) electrons. The van der Waals surface area contributed by atoms with Gasteiger partial charge in [-0.05, 0) is 0 Å². The summed E-state index contributed by atoms with van der Waals surface area (Å²) in [6.45, 7) is 5.80. The van der Waals surface area contributed by atoms with Gasteiger partial charge in [0.15, 0.2) is 0 Å². The van der Waals surface area contributed by atoms with Gasteiger partial charge in [-0.1, -0.05) is 0 Å². The van der Waals surface area contributed by atoms with Crippen LogP contribution in [-0.4, -0.2) is 50.7 Å². The zero-order valence-corrected chi connectivity index (χ0v) is 8.38. The molecule has 4 nitrogen and oxygen atoms in total. The summed E-state index contributed by atoms with van der Waals surface area (Å²) in [7, 11) is 1.70. The third-order valence-electron chi connectivity index (χ3n) is 2.32. The maximum Gasteiger partial charge on any atom is 0.219 e. The van der Waals surface area contributed by atoms with E-state index in [1.165, 1.54) is 0 Å². The van der Waals surface area contributed by atoms with Gasteiger partial charge < -0.3 is 15.0 Å². The van der Waals surface area contributed by atoms with Gasteiger partial charge in [0.2, 0.25) is 5.91 Å².